The molecule has 1 aliphatic rings. The molecule has 4 aromatic carbocycles. The van der Waals surface area contributed by atoms with Crippen LogP contribution in [0.1, 0.15) is 39.0 Å². The van der Waals surface area contributed by atoms with Gasteiger partial charge in [0.25, 0.3) is 0 Å². The topological polar surface area (TPSA) is 113 Å². The average Bonchev–Trinajstić information content (AvgIpc) is 2.98. The van der Waals surface area contributed by atoms with Crippen LogP contribution in [0.25, 0.3) is 0 Å². The fourth-order valence-corrected chi connectivity index (χ4v) is 5.72. The molecule has 0 aromatic heterocycles. The number of aliphatic hydroxyl groups excluding tert-OH is 1. The summed E-state index contributed by atoms with van der Waals surface area (Å²) >= 11 is 0. The molecule has 0 bridgehead atoms. The van der Waals surface area contributed by atoms with Crippen LogP contribution >= 0.6 is 0 Å². The lowest BCUT2D eigenvalue weighted by molar-refractivity contribution is -0.0453. The van der Waals surface area contributed by atoms with E-state index in [-0.39, 0.29) is 12.6 Å². The average molecular weight is 549 g/mol. The van der Waals surface area contributed by atoms with Crippen LogP contribution in [0.2, 0.25) is 0 Å². The van der Waals surface area contributed by atoms with Gasteiger partial charge in [-0.2, -0.15) is 0 Å². The number of hydrogen-bond acceptors (Lipinski definition) is 4. The van der Waals surface area contributed by atoms with Crippen molar-refractivity contribution in [2.24, 2.45) is 5.73 Å². The molecule has 1 saturated heterocycles. The predicted molar refractivity (Wildman–Crippen MR) is 161 cm³/mol. The third-order valence-electron chi connectivity index (χ3n) is 7.81. The van der Waals surface area contributed by atoms with E-state index in [0.29, 0.717) is 37.1 Å². The lowest BCUT2D eigenvalue weighted by atomic mass is 9.88. The zero-order valence-corrected chi connectivity index (χ0v) is 23.0. The Morgan fingerprint density at radius 1 is 0.707 bits per heavy atom. The molecule has 0 spiro atoms. The monoisotopic (exact) mass is 548 g/mol. The maximum atomic E-state index is 14.4. The van der Waals surface area contributed by atoms with Crippen molar-refractivity contribution in [3.8, 4) is 0 Å². The Bertz CT molecular complexity index is 1480. The van der Waals surface area contributed by atoms with Gasteiger partial charge >= 0.3 is 6.03 Å². The van der Waals surface area contributed by atoms with Crippen molar-refractivity contribution < 1.29 is 14.7 Å². The summed E-state index contributed by atoms with van der Waals surface area (Å²) in [5.74, 6) is -0.524. The second-order valence-electron chi connectivity index (χ2n) is 10.7. The van der Waals surface area contributed by atoms with Crippen molar-refractivity contribution >= 4 is 17.6 Å². The smallest absolute Gasteiger partial charge is 0.321 e. The molecule has 5 rings (SSSR count). The van der Waals surface area contributed by atoms with E-state index in [0.717, 1.165) is 22.3 Å². The molecule has 7 nitrogen and oxygen atoms in total. The van der Waals surface area contributed by atoms with Crippen LogP contribution < -0.4 is 11.5 Å². The van der Waals surface area contributed by atoms with Gasteiger partial charge in [-0.05, 0) is 65.8 Å². The maximum absolute atomic E-state index is 14.4. The summed E-state index contributed by atoms with van der Waals surface area (Å²) in [6.45, 7) is 0.545. The molecule has 41 heavy (non-hydrogen) atoms. The highest BCUT2D eigenvalue weighted by molar-refractivity contribution is 5.92. The molecule has 0 saturated carbocycles. The second kappa shape index (κ2) is 12.7. The summed E-state index contributed by atoms with van der Waals surface area (Å²) in [7, 11) is 0. The molecule has 3 amide bonds. The van der Waals surface area contributed by atoms with Gasteiger partial charge in [0.15, 0.2) is 0 Å². The molecular weight excluding hydrogens is 512 g/mol. The number of benzene rings is 4. The largest absolute Gasteiger partial charge is 0.399 e. The molecule has 1 heterocycles. The number of nitrogens with two attached hydrogens (primary N) is 2. The number of primary amides is 1. The third-order valence-corrected chi connectivity index (χ3v) is 7.81. The minimum Gasteiger partial charge on any atom is -0.399 e. The number of carbonyl (C=O) groups is 2. The first-order valence-electron chi connectivity index (χ1n) is 14.0. The third kappa shape index (κ3) is 6.76. The minimum atomic E-state index is -0.822. The summed E-state index contributed by atoms with van der Waals surface area (Å²) in [5.41, 5.74) is 16.5. The Balaban J connectivity index is 1.52. The maximum Gasteiger partial charge on any atom is 0.321 e. The molecule has 5 N–H and O–H groups in total. The summed E-state index contributed by atoms with van der Waals surface area (Å²) < 4.78 is 0. The molecular formula is C34H36N4O3. The highest BCUT2D eigenvalue weighted by Crippen LogP contribution is 2.31. The van der Waals surface area contributed by atoms with E-state index >= 15 is 0 Å². The van der Waals surface area contributed by atoms with E-state index < -0.39 is 24.1 Å². The molecule has 1 fully saturated rings. The Kier molecular flexibility index (Phi) is 8.65. The van der Waals surface area contributed by atoms with Crippen molar-refractivity contribution in [3.63, 3.8) is 0 Å². The van der Waals surface area contributed by atoms with Crippen LogP contribution in [0.15, 0.2) is 109 Å². The number of nitrogens with zero attached hydrogens (tertiary/aromatic N) is 2. The zero-order chi connectivity index (χ0) is 28.8. The van der Waals surface area contributed by atoms with Crippen molar-refractivity contribution in [1.82, 2.24) is 9.80 Å². The van der Waals surface area contributed by atoms with Gasteiger partial charge in [0, 0.05) is 24.3 Å². The summed E-state index contributed by atoms with van der Waals surface area (Å²) in [6, 6.07) is 33.5. The van der Waals surface area contributed by atoms with Crippen LogP contribution in [0.5, 0.6) is 0 Å². The lowest BCUT2D eigenvalue weighted by Gasteiger charge is -2.49. The van der Waals surface area contributed by atoms with Crippen LogP contribution in [0.4, 0.5) is 10.5 Å². The fraction of sp³-hybridized carbons (Fsp3) is 0.235. The predicted octanol–water partition coefficient (Wildman–Crippen LogP) is 4.78. The van der Waals surface area contributed by atoms with E-state index in [1.54, 1.807) is 28.0 Å². The van der Waals surface area contributed by atoms with Crippen LogP contribution in [0.3, 0.4) is 0 Å². The normalized spacial score (nSPS) is 18.9. The van der Waals surface area contributed by atoms with Gasteiger partial charge in [-0.15, -0.1) is 0 Å². The number of carbonyl (C=O) groups excluding carboxylic acids is 2. The SMILES string of the molecule is NC(=O)c1cccc(CN2C(=O)N(Cc3cccc(N)c3)[C@H](Cc3ccccc3)[C@H](O)[C@H]2CCc2ccccc2)c1. The van der Waals surface area contributed by atoms with Gasteiger partial charge in [-0.25, -0.2) is 4.79 Å². The van der Waals surface area contributed by atoms with Crippen LogP contribution in [-0.2, 0) is 25.9 Å². The Morgan fingerprint density at radius 2 is 1.27 bits per heavy atom. The molecule has 3 atom stereocenters. The number of anilines is 1. The van der Waals surface area contributed by atoms with Gasteiger partial charge in [0.1, 0.15) is 0 Å². The first kappa shape index (κ1) is 27.9. The van der Waals surface area contributed by atoms with E-state index in [4.69, 9.17) is 11.5 Å². The van der Waals surface area contributed by atoms with Gasteiger partial charge in [0.2, 0.25) is 5.91 Å². The number of aliphatic hydroxyl groups is 1. The highest BCUT2D eigenvalue weighted by atomic mass is 16.3. The molecule has 0 radical (unpaired) electrons. The van der Waals surface area contributed by atoms with Crippen molar-refractivity contribution in [2.75, 3.05) is 5.73 Å². The fourth-order valence-electron chi connectivity index (χ4n) is 5.72. The lowest BCUT2D eigenvalue weighted by Crippen LogP contribution is -2.66. The Labute approximate surface area is 241 Å². The number of aryl methyl sites for hydroxylation is 1. The van der Waals surface area contributed by atoms with Crippen molar-refractivity contribution in [1.29, 1.82) is 0 Å². The van der Waals surface area contributed by atoms with E-state index in [2.05, 4.69) is 12.1 Å². The number of amides is 3. The minimum absolute atomic E-state index is 0.166. The van der Waals surface area contributed by atoms with Gasteiger partial charge < -0.3 is 26.4 Å². The first-order valence-corrected chi connectivity index (χ1v) is 14.0. The van der Waals surface area contributed by atoms with E-state index in [1.165, 1.54) is 0 Å². The number of urea groups is 1. The van der Waals surface area contributed by atoms with E-state index in [1.807, 2.05) is 78.9 Å². The second-order valence-corrected chi connectivity index (χ2v) is 10.7. The van der Waals surface area contributed by atoms with Gasteiger partial charge in [-0.3, -0.25) is 4.79 Å². The molecule has 0 aliphatic carbocycles. The summed E-state index contributed by atoms with van der Waals surface area (Å²) in [5, 5.41) is 12.0. The molecule has 4 aromatic rings. The molecule has 0 unspecified atom stereocenters. The van der Waals surface area contributed by atoms with Crippen LogP contribution in [-0.4, -0.2) is 45.0 Å². The highest BCUT2D eigenvalue weighted by Gasteiger charge is 2.45. The van der Waals surface area contributed by atoms with E-state index in [9.17, 15) is 14.7 Å². The number of nitrogen functional groups attached to an aromatic ring is 1. The zero-order valence-electron chi connectivity index (χ0n) is 23.0. The summed E-state index contributed by atoms with van der Waals surface area (Å²) in [6.07, 6.45) is 0.991. The number of rotatable bonds is 10. The standard InChI is InChI=1S/C34H36N4O3/c35-29-16-8-14-27(20-29)23-38-31(21-25-11-5-2-6-12-25)32(39)30(18-17-24-9-3-1-4-10-24)37(34(38)41)22-26-13-7-15-28(19-26)33(36)40/h1-16,19-20,30-32,39H,17-18,21-23,35H2,(H2,36,40)/t30-,31-,32-/m1/s1. The quantitative estimate of drug-likeness (QED) is 0.248. The first-order chi connectivity index (χ1) is 19.9. The van der Waals surface area contributed by atoms with Crippen LogP contribution in [0, 0.1) is 0 Å². The summed E-state index contributed by atoms with van der Waals surface area (Å²) in [4.78, 5) is 29.8. The number of hydrogen-bond donors (Lipinski definition) is 3. The Morgan fingerprint density at radius 3 is 1.90 bits per heavy atom. The Hall–Kier alpha value is -4.62. The van der Waals surface area contributed by atoms with Crippen molar-refractivity contribution in [2.45, 2.75) is 50.5 Å². The molecule has 7 heteroatoms. The van der Waals surface area contributed by atoms with Crippen molar-refractivity contribution in [3.05, 3.63) is 137 Å². The molecule has 1 aliphatic heterocycles. The van der Waals surface area contributed by atoms with Gasteiger partial charge in [0.05, 0.1) is 18.2 Å². The van der Waals surface area contributed by atoms with Gasteiger partial charge in [-0.1, -0.05) is 84.9 Å². The molecule has 210 valence electrons.